The molecule has 1 aliphatic heterocycles. The van der Waals surface area contributed by atoms with Gasteiger partial charge in [0.05, 0.1) is 0 Å². The normalized spacial score (nSPS) is 17.4. The summed E-state index contributed by atoms with van der Waals surface area (Å²) in [5.41, 5.74) is 4.56. The van der Waals surface area contributed by atoms with Crippen molar-refractivity contribution in [1.82, 2.24) is 14.9 Å². The summed E-state index contributed by atoms with van der Waals surface area (Å²) < 4.78 is 0. The summed E-state index contributed by atoms with van der Waals surface area (Å²) >= 11 is 0. The van der Waals surface area contributed by atoms with E-state index in [0.29, 0.717) is 18.2 Å². The molecular formula is C27H38N4O. The number of aryl methyl sites for hydroxylation is 2. The Hall–Kier alpha value is -2.43. The molecule has 0 radical (unpaired) electrons. The van der Waals surface area contributed by atoms with E-state index in [0.717, 1.165) is 61.4 Å². The lowest BCUT2D eigenvalue weighted by Crippen LogP contribution is -2.49. The lowest BCUT2D eigenvalue weighted by Gasteiger charge is -2.37. The third kappa shape index (κ3) is 5.13. The molecule has 0 atom stereocenters. The van der Waals surface area contributed by atoms with Crippen LogP contribution in [0.3, 0.4) is 0 Å². The maximum absolute atomic E-state index is 12.8. The van der Waals surface area contributed by atoms with Crippen molar-refractivity contribution in [2.75, 3.05) is 31.1 Å². The van der Waals surface area contributed by atoms with Crippen LogP contribution in [-0.4, -0.2) is 47.0 Å². The molecule has 0 N–H and O–H groups in total. The van der Waals surface area contributed by atoms with E-state index < -0.39 is 0 Å². The number of benzene rings is 1. The van der Waals surface area contributed by atoms with E-state index in [4.69, 9.17) is 9.97 Å². The van der Waals surface area contributed by atoms with Gasteiger partial charge in [-0.2, -0.15) is 0 Å². The van der Waals surface area contributed by atoms with Crippen molar-refractivity contribution in [3.8, 4) is 11.4 Å². The van der Waals surface area contributed by atoms with Crippen molar-refractivity contribution in [2.45, 2.75) is 72.1 Å². The van der Waals surface area contributed by atoms with Gasteiger partial charge in [0.25, 0.3) is 0 Å². The molecule has 172 valence electrons. The second-order valence-corrected chi connectivity index (χ2v) is 9.95. The highest BCUT2D eigenvalue weighted by Crippen LogP contribution is 2.32. The highest BCUT2D eigenvalue weighted by Gasteiger charge is 2.26. The molecule has 0 bridgehead atoms. The number of aromatic nitrogens is 2. The van der Waals surface area contributed by atoms with E-state index >= 15 is 0 Å². The summed E-state index contributed by atoms with van der Waals surface area (Å²) in [4.78, 5) is 27.1. The molecule has 2 aromatic rings. The summed E-state index contributed by atoms with van der Waals surface area (Å²) in [5.74, 6) is 3.29. The first-order valence-corrected chi connectivity index (χ1v) is 12.4. The number of amides is 1. The fraction of sp³-hybridized carbons (Fsp3) is 0.593. The lowest BCUT2D eigenvalue weighted by atomic mass is 10.0. The van der Waals surface area contributed by atoms with Gasteiger partial charge in [-0.3, -0.25) is 4.79 Å². The fourth-order valence-electron chi connectivity index (χ4n) is 5.27. The highest BCUT2D eigenvalue weighted by atomic mass is 16.2. The average molecular weight is 435 g/mol. The predicted molar refractivity (Wildman–Crippen MR) is 131 cm³/mol. The summed E-state index contributed by atoms with van der Waals surface area (Å²) in [7, 11) is 0. The molecule has 1 amide bonds. The largest absolute Gasteiger partial charge is 0.353 e. The van der Waals surface area contributed by atoms with Gasteiger partial charge in [-0.05, 0) is 32.1 Å². The molecular weight excluding hydrogens is 396 g/mol. The Kier molecular flexibility index (Phi) is 7.12. The van der Waals surface area contributed by atoms with Gasteiger partial charge in [0.2, 0.25) is 5.91 Å². The standard InChI is InChI=1S/C27H38N4O/c1-19(2)25-21(4)28-26(23-12-9-20(3)10-13-23)29-27(25)31-17-15-30(16-18-31)24(32)14-11-22-7-5-6-8-22/h9-10,12-13,19,22H,5-8,11,14-18H2,1-4H3. The second kappa shape index (κ2) is 10.0. The van der Waals surface area contributed by atoms with Crippen molar-refractivity contribution in [3.63, 3.8) is 0 Å². The summed E-state index contributed by atoms with van der Waals surface area (Å²) in [5, 5.41) is 0. The van der Waals surface area contributed by atoms with Crippen LogP contribution in [-0.2, 0) is 4.79 Å². The number of piperazine rings is 1. The van der Waals surface area contributed by atoms with Crippen LogP contribution in [0.4, 0.5) is 5.82 Å². The SMILES string of the molecule is Cc1ccc(-c2nc(C)c(C(C)C)c(N3CCN(C(=O)CCC4CCCC4)CC3)n2)cc1. The molecule has 2 heterocycles. The minimum absolute atomic E-state index is 0.333. The smallest absolute Gasteiger partial charge is 0.222 e. The average Bonchev–Trinajstić information content (AvgIpc) is 3.31. The number of nitrogens with zero attached hydrogens (tertiary/aromatic N) is 4. The van der Waals surface area contributed by atoms with Crippen molar-refractivity contribution < 1.29 is 4.79 Å². The Balaban J connectivity index is 1.47. The number of rotatable bonds is 6. The Morgan fingerprint density at radius 1 is 1.00 bits per heavy atom. The van der Waals surface area contributed by atoms with E-state index in [1.807, 2.05) is 0 Å². The first-order valence-electron chi connectivity index (χ1n) is 12.4. The van der Waals surface area contributed by atoms with Crippen molar-refractivity contribution in [2.24, 2.45) is 5.92 Å². The predicted octanol–water partition coefficient (Wildman–Crippen LogP) is 5.50. The molecule has 0 spiro atoms. The van der Waals surface area contributed by atoms with E-state index in [2.05, 4.69) is 61.8 Å². The number of carbonyl (C=O) groups is 1. The van der Waals surface area contributed by atoms with Gasteiger partial charge >= 0.3 is 0 Å². The van der Waals surface area contributed by atoms with Gasteiger partial charge < -0.3 is 9.80 Å². The Morgan fingerprint density at radius 3 is 2.28 bits per heavy atom. The molecule has 1 aliphatic carbocycles. The number of carbonyl (C=O) groups excluding carboxylic acids is 1. The van der Waals surface area contributed by atoms with Crippen LogP contribution in [0.25, 0.3) is 11.4 Å². The monoisotopic (exact) mass is 434 g/mol. The fourth-order valence-corrected chi connectivity index (χ4v) is 5.27. The minimum Gasteiger partial charge on any atom is -0.353 e. The van der Waals surface area contributed by atoms with E-state index in [-0.39, 0.29) is 0 Å². The zero-order valence-electron chi connectivity index (χ0n) is 20.2. The van der Waals surface area contributed by atoms with Crippen LogP contribution in [0.5, 0.6) is 0 Å². The molecule has 2 aliphatic rings. The number of anilines is 1. The zero-order chi connectivity index (χ0) is 22.7. The number of hydrogen-bond donors (Lipinski definition) is 0. The van der Waals surface area contributed by atoms with E-state index in [9.17, 15) is 4.79 Å². The summed E-state index contributed by atoms with van der Waals surface area (Å²) in [6.07, 6.45) is 7.11. The maximum Gasteiger partial charge on any atom is 0.222 e. The molecule has 5 heteroatoms. The minimum atomic E-state index is 0.333. The first kappa shape index (κ1) is 22.8. The molecule has 1 aromatic carbocycles. The second-order valence-electron chi connectivity index (χ2n) is 9.95. The molecule has 4 rings (SSSR count). The third-order valence-electron chi connectivity index (χ3n) is 7.18. The number of hydrogen-bond acceptors (Lipinski definition) is 4. The van der Waals surface area contributed by atoms with Crippen LogP contribution in [0.2, 0.25) is 0 Å². The quantitative estimate of drug-likeness (QED) is 0.602. The van der Waals surface area contributed by atoms with Crippen LogP contribution in [0.15, 0.2) is 24.3 Å². The van der Waals surface area contributed by atoms with Gasteiger partial charge in [0, 0.05) is 49.4 Å². The first-order chi connectivity index (χ1) is 15.4. The maximum atomic E-state index is 12.8. The molecule has 1 saturated carbocycles. The lowest BCUT2D eigenvalue weighted by molar-refractivity contribution is -0.131. The Morgan fingerprint density at radius 2 is 1.66 bits per heavy atom. The third-order valence-corrected chi connectivity index (χ3v) is 7.18. The van der Waals surface area contributed by atoms with E-state index in [1.165, 1.54) is 36.8 Å². The van der Waals surface area contributed by atoms with Crippen molar-refractivity contribution >= 4 is 11.7 Å². The van der Waals surface area contributed by atoms with Gasteiger partial charge in [-0.15, -0.1) is 0 Å². The highest BCUT2D eigenvalue weighted by molar-refractivity contribution is 5.76. The molecule has 0 unspecified atom stereocenters. The van der Waals surface area contributed by atoms with Crippen LogP contribution < -0.4 is 4.90 Å². The topological polar surface area (TPSA) is 49.3 Å². The molecule has 1 saturated heterocycles. The molecule has 1 aromatic heterocycles. The molecule has 2 fully saturated rings. The summed E-state index contributed by atoms with van der Waals surface area (Å²) in [6, 6.07) is 8.42. The van der Waals surface area contributed by atoms with Gasteiger partial charge in [0.1, 0.15) is 5.82 Å². The van der Waals surface area contributed by atoms with Gasteiger partial charge in [-0.25, -0.2) is 9.97 Å². The zero-order valence-corrected chi connectivity index (χ0v) is 20.2. The van der Waals surface area contributed by atoms with Gasteiger partial charge in [0.15, 0.2) is 5.82 Å². The van der Waals surface area contributed by atoms with Crippen LogP contribution in [0.1, 0.15) is 75.1 Å². The van der Waals surface area contributed by atoms with Gasteiger partial charge in [-0.1, -0.05) is 69.4 Å². The van der Waals surface area contributed by atoms with Crippen molar-refractivity contribution in [1.29, 1.82) is 0 Å². The summed E-state index contributed by atoms with van der Waals surface area (Å²) in [6.45, 7) is 11.8. The van der Waals surface area contributed by atoms with Crippen LogP contribution in [0, 0.1) is 19.8 Å². The van der Waals surface area contributed by atoms with E-state index in [1.54, 1.807) is 0 Å². The van der Waals surface area contributed by atoms with Crippen molar-refractivity contribution in [3.05, 3.63) is 41.1 Å². The van der Waals surface area contributed by atoms with Crippen LogP contribution >= 0.6 is 0 Å². The Labute approximate surface area is 193 Å². The molecule has 32 heavy (non-hydrogen) atoms. The Bertz CT molecular complexity index is 923. The molecule has 5 nitrogen and oxygen atoms in total.